The maximum absolute atomic E-state index is 12.6. The molecule has 29 heavy (non-hydrogen) atoms. The van der Waals surface area contributed by atoms with E-state index < -0.39 is 10.0 Å². The smallest absolute Gasteiger partial charge is 0.240 e. The molecule has 154 valence electrons. The van der Waals surface area contributed by atoms with Crippen LogP contribution < -0.4 is 9.46 Å². The van der Waals surface area contributed by atoms with Crippen molar-refractivity contribution in [2.45, 2.75) is 38.0 Å². The van der Waals surface area contributed by atoms with Crippen LogP contribution in [0.25, 0.3) is 10.9 Å². The molecule has 3 aromatic rings. The van der Waals surface area contributed by atoms with Gasteiger partial charge in [0.2, 0.25) is 10.0 Å². The van der Waals surface area contributed by atoms with Gasteiger partial charge in [0, 0.05) is 23.1 Å². The Morgan fingerprint density at radius 1 is 1.10 bits per heavy atom. The fourth-order valence-electron chi connectivity index (χ4n) is 4.74. The van der Waals surface area contributed by atoms with E-state index in [9.17, 15) is 8.42 Å². The highest BCUT2D eigenvalue weighted by molar-refractivity contribution is 7.89. The molecule has 6 heteroatoms. The van der Waals surface area contributed by atoms with Crippen LogP contribution in [0.5, 0.6) is 5.75 Å². The van der Waals surface area contributed by atoms with Crippen LogP contribution >= 0.6 is 0 Å². The van der Waals surface area contributed by atoms with E-state index in [4.69, 9.17) is 4.74 Å². The van der Waals surface area contributed by atoms with Crippen molar-refractivity contribution in [1.82, 2.24) is 9.71 Å². The molecule has 0 amide bonds. The molecular formula is C23H28N2O3S. The maximum Gasteiger partial charge on any atom is 0.240 e. The molecule has 0 spiro atoms. The van der Waals surface area contributed by atoms with Crippen molar-refractivity contribution in [1.29, 1.82) is 0 Å². The van der Waals surface area contributed by atoms with Crippen molar-refractivity contribution < 1.29 is 13.2 Å². The van der Waals surface area contributed by atoms with Crippen LogP contribution in [0.3, 0.4) is 0 Å². The normalized spacial score (nSPS) is 20.7. The number of H-pyrrole nitrogens is 1. The molecule has 1 aliphatic rings. The molecule has 1 heterocycles. The average molecular weight is 413 g/mol. The van der Waals surface area contributed by atoms with Gasteiger partial charge in [0.1, 0.15) is 5.75 Å². The molecule has 4 rings (SSSR count). The number of hydrogen-bond acceptors (Lipinski definition) is 3. The van der Waals surface area contributed by atoms with Crippen LogP contribution in [-0.2, 0) is 10.0 Å². The Hall–Kier alpha value is -2.31. The standard InChI is InChI=1S/C23H28N2O3S/c1-15-21(18-7-5-6-8-20(18)25-15)22-19(23(22,2)3)13-14-24-29(26,27)17-11-9-16(28-4)10-12-17/h5-12,19,22,24-25H,13-14H2,1-4H3. The fourth-order valence-corrected chi connectivity index (χ4v) is 5.79. The van der Waals surface area contributed by atoms with E-state index in [2.05, 4.69) is 48.7 Å². The molecule has 2 unspecified atom stereocenters. The summed E-state index contributed by atoms with van der Waals surface area (Å²) in [4.78, 5) is 3.76. The molecular weight excluding hydrogens is 384 g/mol. The van der Waals surface area contributed by atoms with Crippen molar-refractivity contribution in [3.8, 4) is 5.75 Å². The first-order valence-corrected chi connectivity index (χ1v) is 11.4. The first kappa shape index (κ1) is 20.0. The van der Waals surface area contributed by atoms with Gasteiger partial charge in [-0.1, -0.05) is 32.0 Å². The molecule has 1 fully saturated rings. The molecule has 2 N–H and O–H groups in total. The second-order valence-corrected chi connectivity index (χ2v) is 10.2. The zero-order valence-electron chi connectivity index (χ0n) is 17.3. The van der Waals surface area contributed by atoms with Crippen LogP contribution in [0, 0.1) is 18.3 Å². The first-order valence-electron chi connectivity index (χ1n) is 9.96. The number of benzene rings is 2. The summed E-state index contributed by atoms with van der Waals surface area (Å²) in [7, 11) is -1.96. The minimum absolute atomic E-state index is 0.154. The second kappa shape index (κ2) is 7.18. The van der Waals surface area contributed by atoms with E-state index in [-0.39, 0.29) is 10.3 Å². The quantitative estimate of drug-likeness (QED) is 0.596. The van der Waals surface area contributed by atoms with Gasteiger partial charge in [-0.05, 0) is 66.5 Å². The van der Waals surface area contributed by atoms with E-state index in [0.717, 1.165) is 6.42 Å². The number of aryl methyl sites for hydroxylation is 1. The van der Waals surface area contributed by atoms with Gasteiger partial charge in [0.05, 0.1) is 12.0 Å². The maximum atomic E-state index is 12.6. The van der Waals surface area contributed by atoms with Gasteiger partial charge in [-0.2, -0.15) is 0 Å². The summed E-state index contributed by atoms with van der Waals surface area (Å²) in [6.45, 7) is 7.12. The van der Waals surface area contributed by atoms with Crippen LogP contribution in [-0.4, -0.2) is 27.1 Å². The third kappa shape index (κ3) is 3.55. The Kier molecular flexibility index (Phi) is 4.95. The summed E-state index contributed by atoms with van der Waals surface area (Å²) in [5.74, 6) is 1.52. The molecule has 0 saturated heterocycles. The summed E-state index contributed by atoms with van der Waals surface area (Å²) < 4.78 is 33.0. The molecule has 5 nitrogen and oxygen atoms in total. The lowest BCUT2D eigenvalue weighted by molar-refractivity contribution is 0.414. The number of methoxy groups -OCH3 is 1. The number of rotatable bonds is 7. The zero-order chi connectivity index (χ0) is 20.8. The summed E-state index contributed by atoms with van der Waals surface area (Å²) in [6.07, 6.45) is 0.812. The molecule has 0 bridgehead atoms. The number of nitrogens with one attached hydrogen (secondary N) is 2. The van der Waals surface area contributed by atoms with Crippen molar-refractivity contribution in [3.63, 3.8) is 0 Å². The third-order valence-corrected chi connectivity index (χ3v) is 7.90. The highest BCUT2D eigenvalue weighted by Crippen LogP contribution is 2.67. The minimum atomic E-state index is -3.52. The topological polar surface area (TPSA) is 71.2 Å². The van der Waals surface area contributed by atoms with E-state index in [1.807, 2.05) is 6.07 Å². The van der Waals surface area contributed by atoms with Gasteiger partial charge in [0.25, 0.3) is 0 Å². The molecule has 1 saturated carbocycles. The molecule has 0 radical (unpaired) electrons. The van der Waals surface area contributed by atoms with Crippen LogP contribution in [0.2, 0.25) is 0 Å². The van der Waals surface area contributed by atoms with E-state index in [0.29, 0.717) is 24.1 Å². The summed E-state index contributed by atoms with van der Waals surface area (Å²) >= 11 is 0. The zero-order valence-corrected chi connectivity index (χ0v) is 18.1. The highest BCUT2D eigenvalue weighted by Gasteiger charge is 2.58. The van der Waals surface area contributed by atoms with Gasteiger partial charge in [-0.25, -0.2) is 13.1 Å². The Labute approximate surface area is 172 Å². The number of aromatic amines is 1. The SMILES string of the molecule is COc1ccc(S(=O)(=O)NCCC2C(c3c(C)[nH]c4ccccc34)C2(C)C)cc1. The molecule has 2 atom stereocenters. The Morgan fingerprint density at radius 3 is 2.48 bits per heavy atom. The Balaban J connectivity index is 1.45. The summed E-state index contributed by atoms with van der Waals surface area (Å²) in [6, 6.07) is 14.9. The number of ether oxygens (including phenoxy) is 1. The summed E-state index contributed by atoms with van der Waals surface area (Å²) in [5.41, 5.74) is 3.92. The molecule has 2 aromatic carbocycles. The van der Waals surface area contributed by atoms with Crippen LogP contribution in [0.15, 0.2) is 53.4 Å². The third-order valence-electron chi connectivity index (χ3n) is 6.42. The largest absolute Gasteiger partial charge is 0.497 e. The Morgan fingerprint density at radius 2 is 1.79 bits per heavy atom. The number of fused-ring (bicyclic) bond motifs is 1. The van der Waals surface area contributed by atoms with Crippen molar-refractivity contribution >= 4 is 20.9 Å². The van der Waals surface area contributed by atoms with Crippen molar-refractivity contribution in [2.75, 3.05) is 13.7 Å². The number of hydrogen-bond donors (Lipinski definition) is 2. The predicted octanol–water partition coefficient (Wildman–Crippen LogP) is 4.59. The molecule has 1 aromatic heterocycles. The number of para-hydroxylation sites is 1. The van der Waals surface area contributed by atoms with Crippen LogP contribution in [0.4, 0.5) is 0 Å². The Bertz CT molecular complexity index is 1130. The lowest BCUT2D eigenvalue weighted by atomic mass is 10.0. The number of sulfonamides is 1. The molecule has 0 aliphatic heterocycles. The van der Waals surface area contributed by atoms with E-state index in [1.54, 1.807) is 31.4 Å². The van der Waals surface area contributed by atoms with Gasteiger partial charge in [-0.3, -0.25) is 0 Å². The predicted molar refractivity (Wildman–Crippen MR) is 116 cm³/mol. The van der Waals surface area contributed by atoms with Crippen LogP contribution in [0.1, 0.15) is 37.4 Å². The highest BCUT2D eigenvalue weighted by atomic mass is 32.2. The van der Waals surface area contributed by atoms with Crippen molar-refractivity contribution in [2.24, 2.45) is 11.3 Å². The monoisotopic (exact) mass is 412 g/mol. The average Bonchev–Trinajstić information content (AvgIpc) is 3.05. The fraction of sp³-hybridized carbons (Fsp3) is 0.391. The lowest BCUT2D eigenvalue weighted by Gasteiger charge is -2.08. The first-order chi connectivity index (χ1) is 13.8. The van der Waals surface area contributed by atoms with Crippen molar-refractivity contribution in [3.05, 3.63) is 59.8 Å². The van der Waals surface area contributed by atoms with Gasteiger partial charge < -0.3 is 9.72 Å². The van der Waals surface area contributed by atoms with E-state index >= 15 is 0 Å². The second-order valence-electron chi connectivity index (χ2n) is 8.48. The van der Waals surface area contributed by atoms with Gasteiger partial charge in [-0.15, -0.1) is 0 Å². The van der Waals surface area contributed by atoms with E-state index in [1.165, 1.54) is 22.2 Å². The summed E-state index contributed by atoms with van der Waals surface area (Å²) in [5, 5.41) is 1.28. The molecule has 1 aliphatic carbocycles. The van der Waals surface area contributed by atoms with Gasteiger partial charge in [0.15, 0.2) is 0 Å². The lowest BCUT2D eigenvalue weighted by Crippen LogP contribution is -2.25. The minimum Gasteiger partial charge on any atom is -0.497 e. The number of aromatic nitrogens is 1. The van der Waals surface area contributed by atoms with Gasteiger partial charge >= 0.3 is 0 Å².